The summed E-state index contributed by atoms with van der Waals surface area (Å²) in [6.45, 7) is 1.68. The summed E-state index contributed by atoms with van der Waals surface area (Å²) in [6.07, 6.45) is 1.66. The van der Waals surface area contributed by atoms with Gasteiger partial charge in [0.1, 0.15) is 5.52 Å². The van der Waals surface area contributed by atoms with Gasteiger partial charge in [0.2, 0.25) is 0 Å². The van der Waals surface area contributed by atoms with Gasteiger partial charge in [0.25, 0.3) is 0 Å². The molecule has 0 atom stereocenters. The van der Waals surface area contributed by atoms with E-state index in [4.69, 9.17) is 9.84 Å². The zero-order valence-corrected chi connectivity index (χ0v) is 11.1. The number of hydrogen-bond acceptors (Lipinski definition) is 5. The van der Waals surface area contributed by atoms with Gasteiger partial charge >= 0.3 is 12.0 Å². The lowest BCUT2D eigenvalue weighted by Gasteiger charge is -2.07. The topological polar surface area (TPSA) is 85.2 Å². The molecule has 0 aliphatic rings. The van der Waals surface area contributed by atoms with Crippen LogP contribution in [-0.2, 0) is 0 Å². The number of carboxylic acids is 1. The lowest BCUT2D eigenvalue weighted by molar-refractivity contribution is 0.0689. The van der Waals surface area contributed by atoms with E-state index in [1.165, 1.54) is 6.07 Å². The summed E-state index contributed by atoms with van der Waals surface area (Å²) < 4.78 is 5.62. The highest BCUT2D eigenvalue weighted by molar-refractivity contribution is 5.86. The Morgan fingerprint density at radius 2 is 2.00 bits per heavy atom. The molecule has 104 valence electrons. The van der Waals surface area contributed by atoms with E-state index in [1.807, 2.05) is 24.3 Å². The molecule has 0 spiro atoms. The van der Waals surface area contributed by atoms with Crippen LogP contribution in [0.3, 0.4) is 0 Å². The second kappa shape index (κ2) is 5.16. The lowest BCUT2D eigenvalue weighted by Crippen LogP contribution is -2.04. The Hall–Kier alpha value is -3.02. The van der Waals surface area contributed by atoms with Crippen molar-refractivity contribution in [3.05, 3.63) is 54.0 Å². The standard InChI is InChI=1S/C15H11N3O3/c1-9-8-11(14(19)20)18-15(17-9)21-12-6-2-4-10-5-3-7-16-13(10)12/h2-8H,1H3,(H,19,20). The van der Waals surface area contributed by atoms with Gasteiger partial charge in [0.15, 0.2) is 11.4 Å². The average molecular weight is 281 g/mol. The smallest absolute Gasteiger partial charge is 0.354 e. The summed E-state index contributed by atoms with van der Waals surface area (Å²) in [5, 5.41) is 9.93. The third kappa shape index (κ3) is 2.64. The van der Waals surface area contributed by atoms with Gasteiger partial charge in [0.05, 0.1) is 0 Å². The predicted octanol–water partition coefficient (Wildman–Crippen LogP) is 2.82. The van der Waals surface area contributed by atoms with E-state index in [0.29, 0.717) is 17.0 Å². The number of carboxylic acid groups (broad SMARTS) is 1. The number of aromatic nitrogens is 3. The monoisotopic (exact) mass is 281 g/mol. The molecule has 6 heteroatoms. The second-order valence-corrected chi connectivity index (χ2v) is 4.42. The van der Waals surface area contributed by atoms with Crippen molar-refractivity contribution in [3.8, 4) is 11.8 Å². The molecule has 0 unspecified atom stereocenters. The first kappa shape index (κ1) is 13.0. The minimum absolute atomic E-state index is 0.00875. The molecule has 3 rings (SSSR count). The van der Waals surface area contributed by atoms with Gasteiger partial charge in [-0.1, -0.05) is 18.2 Å². The van der Waals surface area contributed by atoms with Crippen molar-refractivity contribution >= 4 is 16.9 Å². The lowest BCUT2D eigenvalue weighted by atomic mass is 10.2. The first-order valence-electron chi connectivity index (χ1n) is 6.24. The van der Waals surface area contributed by atoms with Crippen LogP contribution in [0.2, 0.25) is 0 Å². The Bertz CT molecular complexity index is 828. The molecule has 3 aromatic rings. The summed E-state index contributed by atoms with van der Waals surface area (Å²) >= 11 is 0. The first-order chi connectivity index (χ1) is 10.1. The van der Waals surface area contributed by atoms with Crippen LogP contribution in [0.4, 0.5) is 0 Å². The van der Waals surface area contributed by atoms with Crippen molar-refractivity contribution in [1.29, 1.82) is 0 Å². The molecule has 0 fully saturated rings. The van der Waals surface area contributed by atoms with E-state index in [0.717, 1.165) is 5.39 Å². The number of fused-ring (bicyclic) bond motifs is 1. The molecule has 0 amide bonds. The number of para-hydroxylation sites is 1. The Morgan fingerprint density at radius 1 is 1.19 bits per heavy atom. The molecule has 1 aromatic carbocycles. The Labute approximate surface area is 120 Å². The maximum atomic E-state index is 11.0. The highest BCUT2D eigenvalue weighted by Crippen LogP contribution is 2.26. The fourth-order valence-corrected chi connectivity index (χ4v) is 1.95. The van der Waals surface area contributed by atoms with Crippen molar-refractivity contribution in [1.82, 2.24) is 15.0 Å². The first-order valence-corrected chi connectivity index (χ1v) is 6.24. The molecule has 0 bridgehead atoms. The SMILES string of the molecule is Cc1cc(C(=O)O)nc(Oc2cccc3cccnc23)n1. The molecule has 2 aromatic heterocycles. The van der Waals surface area contributed by atoms with Crippen LogP contribution < -0.4 is 4.74 Å². The Balaban J connectivity index is 2.05. The van der Waals surface area contributed by atoms with Crippen molar-refractivity contribution < 1.29 is 14.6 Å². The van der Waals surface area contributed by atoms with Gasteiger partial charge in [0, 0.05) is 17.3 Å². The van der Waals surface area contributed by atoms with Gasteiger partial charge in [-0.05, 0) is 25.1 Å². The van der Waals surface area contributed by atoms with Crippen molar-refractivity contribution in [2.75, 3.05) is 0 Å². The van der Waals surface area contributed by atoms with E-state index < -0.39 is 5.97 Å². The van der Waals surface area contributed by atoms with Crippen LogP contribution >= 0.6 is 0 Å². The van der Waals surface area contributed by atoms with Crippen LogP contribution in [0.25, 0.3) is 10.9 Å². The molecule has 6 nitrogen and oxygen atoms in total. The van der Waals surface area contributed by atoms with Gasteiger partial charge in [-0.3, -0.25) is 4.98 Å². The Morgan fingerprint density at radius 3 is 2.81 bits per heavy atom. The van der Waals surface area contributed by atoms with Crippen molar-refractivity contribution in [2.45, 2.75) is 6.92 Å². The van der Waals surface area contributed by atoms with Crippen LogP contribution in [-0.4, -0.2) is 26.0 Å². The maximum Gasteiger partial charge on any atom is 0.354 e. The van der Waals surface area contributed by atoms with Crippen molar-refractivity contribution in [3.63, 3.8) is 0 Å². The molecule has 1 N–H and O–H groups in total. The number of pyridine rings is 1. The molecule has 0 radical (unpaired) electrons. The van der Waals surface area contributed by atoms with Crippen LogP contribution in [0.5, 0.6) is 11.8 Å². The summed E-state index contributed by atoms with van der Waals surface area (Å²) in [4.78, 5) is 23.2. The van der Waals surface area contributed by atoms with Crippen LogP contribution in [0.15, 0.2) is 42.6 Å². The second-order valence-electron chi connectivity index (χ2n) is 4.42. The van der Waals surface area contributed by atoms with E-state index in [1.54, 1.807) is 19.2 Å². The van der Waals surface area contributed by atoms with Gasteiger partial charge in [-0.15, -0.1) is 0 Å². The fourth-order valence-electron chi connectivity index (χ4n) is 1.95. The quantitative estimate of drug-likeness (QED) is 0.794. The number of hydrogen-bond donors (Lipinski definition) is 1. The largest absolute Gasteiger partial charge is 0.477 e. The predicted molar refractivity (Wildman–Crippen MR) is 75.5 cm³/mol. The molecule has 0 saturated heterocycles. The number of nitrogens with zero attached hydrogens (tertiary/aromatic N) is 3. The van der Waals surface area contributed by atoms with Crippen molar-refractivity contribution in [2.24, 2.45) is 0 Å². The molecule has 0 aliphatic carbocycles. The molecular formula is C15H11N3O3. The molecular weight excluding hydrogens is 270 g/mol. The van der Waals surface area contributed by atoms with Crippen LogP contribution in [0, 0.1) is 6.92 Å². The normalized spacial score (nSPS) is 10.5. The molecule has 0 saturated carbocycles. The third-order valence-corrected chi connectivity index (χ3v) is 2.85. The Kier molecular flexibility index (Phi) is 3.19. The molecule has 2 heterocycles. The minimum atomic E-state index is -1.12. The number of rotatable bonds is 3. The maximum absolute atomic E-state index is 11.0. The van der Waals surface area contributed by atoms with E-state index in [2.05, 4.69) is 15.0 Å². The summed E-state index contributed by atoms with van der Waals surface area (Å²) in [6, 6.07) is 10.6. The van der Waals surface area contributed by atoms with Gasteiger partial charge in [-0.25, -0.2) is 9.78 Å². The summed E-state index contributed by atoms with van der Waals surface area (Å²) in [7, 11) is 0. The van der Waals surface area contributed by atoms with E-state index >= 15 is 0 Å². The molecule has 0 aliphatic heterocycles. The minimum Gasteiger partial charge on any atom is -0.477 e. The highest BCUT2D eigenvalue weighted by atomic mass is 16.5. The van der Waals surface area contributed by atoms with Gasteiger partial charge < -0.3 is 9.84 Å². The number of carbonyl (C=O) groups is 1. The number of aryl methyl sites for hydroxylation is 1. The zero-order chi connectivity index (χ0) is 14.8. The number of aromatic carboxylic acids is 1. The van der Waals surface area contributed by atoms with E-state index in [-0.39, 0.29) is 11.7 Å². The fraction of sp³-hybridized carbons (Fsp3) is 0.0667. The third-order valence-electron chi connectivity index (χ3n) is 2.85. The zero-order valence-electron chi connectivity index (χ0n) is 11.1. The number of ether oxygens (including phenoxy) is 1. The van der Waals surface area contributed by atoms with E-state index in [9.17, 15) is 4.79 Å². The van der Waals surface area contributed by atoms with Crippen LogP contribution in [0.1, 0.15) is 16.2 Å². The average Bonchev–Trinajstić information content (AvgIpc) is 2.47. The summed E-state index contributed by atoms with van der Waals surface area (Å²) in [5.41, 5.74) is 1.08. The molecule has 21 heavy (non-hydrogen) atoms. The number of benzene rings is 1. The van der Waals surface area contributed by atoms with Gasteiger partial charge in [-0.2, -0.15) is 4.98 Å². The highest BCUT2D eigenvalue weighted by Gasteiger charge is 2.11. The summed E-state index contributed by atoms with van der Waals surface area (Å²) in [5.74, 6) is -0.642.